The van der Waals surface area contributed by atoms with E-state index in [1.165, 1.54) is 43.6 Å². The van der Waals surface area contributed by atoms with Gasteiger partial charge < -0.3 is 25.3 Å². The van der Waals surface area contributed by atoms with Crippen molar-refractivity contribution in [3.63, 3.8) is 0 Å². The first-order chi connectivity index (χ1) is 18.4. The first-order valence-corrected chi connectivity index (χ1v) is 13.8. The predicted molar refractivity (Wildman–Crippen MR) is 147 cm³/mol. The van der Waals surface area contributed by atoms with Gasteiger partial charge in [-0.05, 0) is 42.3 Å². The molecule has 3 rings (SSSR count). The van der Waals surface area contributed by atoms with E-state index < -0.39 is 27.9 Å². The van der Waals surface area contributed by atoms with Gasteiger partial charge in [0.25, 0.3) is 0 Å². The molecule has 0 radical (unpaired) electrons. The van der Waals surface area contributed by atoms with Gasteiger partial charge in [0.05, 0.1) is 17.7 Å². The Bertz CT molecular complexity index is 1370. The number of para-hydroxylation sites is 1. The Morgan fingerprint density at radius 3 is 2.31 bits per heavy atom. The van der Waals surface area contributed by atoms with Crippen LogP contribution < -0.4 is 15.4 Å². The van der Waals surface area contributed by atoms with Crippen LogP contribution in [0.25, 0.3) is 0 Å². The molecule has 1 unspecified atom stereocenters. The number of aromatic nitrogens is 1. The van der Waals surface area contributed by atoms with Crippen LogP contribution in [0.5, 0.6) is 5.75 Å². The van der Waals surface area contributed by atoms with Gasteiger partial charge >= 0.3 is 12.1 Å². The second-order valence-corrected chi connectivity index (χ2v) is 11.2. The molecule has 0 aliphatic heterocycles. The van der Waals surface area contributed by atoms with Gasteiger partial charge in [-0.15, -0.1) is 4.31 Å². The zero-order chi connectivity index (χ0) is 28.8. The summed E-state index contributed by atoms with van der Waals surface area (Å²) in [6.07, 6.45) is 0.394. The van der Waals surface area contributed by atoms with Gasteiger partial charge in [0.15, 0.2) is 5.75 Å². The van der Waals surface area contributed by atoms with Gasteiger partial charge in [-0.3, -0.25) is 0 Å². The van der Waals surface area contributed by atoms with Crippen molar-refractivity contribution in [2.75, 3.05) is 24.3 Å². The number of ether oxygens (including phenoxy) is 2. The molecule has 0 aliphatic carbocycles. The molecule has 2 aromatic carbocycles. The number of nitrogens with two attached hydrogens (primary N) is 1. The largest absolute Gasteiger partial charge is 0.464 e. The van der Waals surface area contributed by atoms with Gasteiger partial charge in [0.1, 0.15) is 5.69 Å². The number of hydrogen-bond donors (Lipinski definition) is 3. The molecular weight excluding hydrogens is 524 g/mol. The number of carbonyl (C=O) groups is 2. The number of amides is 1. The molecule has 1 heterocycles. The SMILES string of the molecule is CCCC(O)(N(C(=O)Oc1c[nH]c(C(=O)OC)c1)c1ccccc1)N(CC(C)C)S(=O)(=O)c1ccc(N)cc1. The molecular formula is C27H34N4O7S. The molecule has 0 saturated heterocycles. The van der Waals surface area contributed by atoms with Crippen LogP contribution in [0.1, 0.15) is 44.1 Å². The number of benzene rings is 2. The molecule has 0 saturated carbocycles. The highest BCUT2D eigenvalue weighted by Gasteiger charge is 2.50. The number of anilines is 2. The maximum atomic E-state index is 14.0. The average Bonchev–Trinajstić information content (AvgIpc) is 3.36. The lowest BCUT2D eigenvalue weighted by Crippen LogP contribution is -2.65. The van der Waals surface area contributed by atoms with Gasteiger partial charge in [-0.1, -0.05) is 45.4 Å². The smallest absolute Gasteiger partial charge is 0.423 e. The van der Waals surface area contributed by atoms with Crippen LogP contribution in [-0.4, -0.2) is 54.4 Å². The van der Waals surface area contributed by atoms with Crippen LogP contribution in [0.3, 0.4) is 0 Å². The third kappa shape index (κ3) is 6.59. The number of nitrogen functional groups attached to an aromatic ring is 1. The molecule has 210 valence electrons. The van der Waals surface area contributed by atoms with Crippen molar-refractivity contribution in [1.82, 2.24) is 9.29 Å². The highest BCUT2D eigenvalue weighted by molar-refractivity contribution is 7.89. The maximum Gasteiger partial charge on any atom is 0.423 e. The van der Waals surface area contributed by atoms with Crippen molar-refractivity contribution in [1.29, 1.82) is 0 Å². The summed E-state index contributed by atoms with van der Waals surface area (Å²) in [6, 6.07) is 15.0. The number of aromatic amines is 1. The van der Waals surface area contributed by atoms with Crippen LogP contribution >= 0.6 is 0 Å². The number of nitrogens with zero attached hydrogens (tertiary/aromatic N) is 2. The molecule has 1 atom stereocenters. The Morgan fingerprint density at radius 1 is 1.10 bits per heavy atom. The molecule has 3 aromatic rings. The predicted octanol–water partition coefficient (Wildman–Crippen LogP) is 4.18. The van der Waals surface area contributed by atoms with E-state index in [4.69, 9.17) is 10.5 Å². The van der Waals surface area contributed by atoms with Crippen molar-refractivity contribution < 1.29 is 32.6 Å². The highest BCUT2D eigenvalue weighted by Crippen LogP contribution is 2.35. The Morgan fingerprint density at radius 2 is 1.74 bits per heavy atom. The number of rotatable bonds is 11. The molecule has 0 bridgehead atoms. The molecule has 39 heavy (non-hydrogen) atoms. The standard InChI is InChI=1S/C27H34N4O7S/c1-5-15-27(34,30(18-19(2)3)39(35,36)23-13-11-20(28)12-14-23)31(21-9-7-6-8-10-21)26(33)38-22-16-24(29-17-22)25(32)37-4/h6-14,16-17,19,29,34H,5,15,18,28H2,1-4H3. The summed E-state index contributed by atoms with van der Waals surface area (Å²) in [5.41, 5.74) is 6.39. The Labute approximate surface area is 228 Å². The first-order valence-electron chi connectivity index (χ1n) is 12.4. The molecule has 0 aliphatic rings. The number of sulfonamides is 1. The van der Waals surface area contributed by atoms with Crippen LogP contribution in [-0.2, 0) is 14.8 Å². The minimum Gasteiger partial charge on any atom is -0.464 e. The molecule has 1 aromatic heterocycles. The van der Waals surface area contributed by atoms with Crippen LogP contribution in [0.15, 0.2) is 71.8 Å². The van der Waals surface area contributed by atoms with Crippen molar-refractivity contribution in [2.45, 2.75) is 44.4 Å². The zero-order valence-electron chi connectivity index (χ0n) is 22.3. The molecule has 12 heteroatoms. The van der Waals surface area contributed by atoms with Gasteiger partial charge in [-0.2, -0.15) is 0 Å². The van der Waals surface area contributed by atoms with E-state index in [2.05, 4.69) is 9.72 Å². The Kier molecular flexibility index (Phi) is 9.38. The van der Waals surface area contributed by atoms with E-state index in [-0.39, 0.29) is 40.9 Å². The van der Waals surface area contributed by atoms with Crippen LogP contribution in [0.4, 0.5) is 16.2 Å². The van der Waals surface area contributed by atoms with Crippen molar-refractivity contribution in [2.24, 2.45) is 5.92 Å². The normalized spacial score (nSPS) is 13.2. The number of aliphatic hydroxyl groups is 1. The van der Waals surface area contributed by atoms with E-state index in [0.717, 1.165) is 9.21 Å². The summed E-state index contributed by atoms with van der Waals surface area (Å²) in [6.45, 7) is 5.25. The van der Waals surface area contributed by atoms with Crippen molar-refractivity contribution in [3.8, 4) is 5.75 Å². The fourth-order valence-electron chi connectivity index (χ4n) is 4.06. The minimum atomic E-state index is -4.35. The summed E-state index contributed by atoms with van der Waals surface area (Å²) >= 11 is 0. The molecule has 0 fully saturated rings. The monoisotopic (exact) mass is 558 g/mol. The topological polar surface area (TPSA) is 155 Å². The van der Waals surface area contributed by atoms with E-state index in [1.54, 1.807) is 51.1 Å². The fraction of sp³-hybridized carbons (Fsp3) is 0.333. The quantitative estimate of drug-likeness (QED) is 0.180. The maximum absolute atomic E-state index is 14.0. The lowest BCUT2D eigenvalue weighted by Gasteiger charge is -2.45. The Hall–Kier alpha value is -3.87. The lowest BCUT2D eigenvalue weighted by atomic mass is 10.1. The number of carbonyl (C=O) groups excluding carboxylic acids is 2. The van der Waals surface area contributed by atoms with Crippen molar-refractivity contribution in [3.05, 3.63) is 72.6 Å². The van der Waals surface area contributed by atoms with Gasteiger partial charge in [0.2, 0.25) is 15.9 Å². The number of nitrogens with one attached hydrogen (secondary N) is 1. The first kappa shape index (κ1) is 29.7. The second kappa shape index (κ2) is 12.3. The molecule has 0 spiro atoms. The number of hydrogen-bond acceptors (Lipinski definition) is 8. The summed E-state index contributed by atoms with van der Waals surface area (Å²) in [5, 5.41) is 12.3. The minimum absolute atomic E-state index is 0.0306. The lowest BCUT2D eigenvalue weighted by molar-refractivity contribution is -0.0692. The molecule has 1 amide bonds. The number of methoxy groups -OCH3 is 1. The van der Waals surface area contributed by atoms with Crippen LogP contribution in [0, 0.1) is 5.92 Å². The Balaban J connectivity index is 2.17. The average molecular weight is 559 g/mol. The molecule has 4 N–H and O–H groups in total. The van der Waals surface area contributed by atoms with E-state index in [1.807, 2.05) is 0 Å². The van der Waals surface area contributed by atoms with Gasteiger partial charge in [0, 0.05) is 30.9 Å². The zero-order valence-corrected chi connectivity index (χ0v) is 23.1. The van der Waals surface area contributed by atoms with Gasteiger partial charge in [-0.25, -0.2) is 22.9 Å². The third-order valence-corrected chi connectivity index (χ3v) is 7.70. The number of esters is 1. The van der Waals surface area contributed by atoms with E-state index in [9.17, 15) is 23.1 Å². The van der Waals surface area contributed by atoms with E-state index >= 15 is 0 Å². The third-order valence-electron chi connectivity index (χ3n) is 5.81. The summed E-state index contributed by atoms with van der Waals surface area (Å²) < 4.78 is 39.2. The van der Waals surface area contributed by atoms with Crippen molar-refractivity contribution >= 4 is 33.5 Å². The summed E-state index contributed by atoms with van der Waals surface area (Å²) in [4.78, 5) is 29.1. The summed E-state index contributed by atoms with van der Waals surface area (Å²) in [5.74, 6) is -3.30. The number of H-pyrrole nitrogens is 1. The highest BCUT2D eigenvalue weighted by atomic mass is 32.2. The fourth-order valence-corrected chi connectivity index (χ4v) is 5.85. The summed E-state index contributed by atoms with van der Waals surface area (Å²) in [7, 11) is -3.14. The van der Waals surface area contributed by atoms with E-state index in [0.29, 0.717) is 12.1 Å². The second-order valence-electron chi connectivity index (χ2n) is 9.30. The molecule has 11 nitrogen and oxygen atoms in total. The van der Waals surface area contributed by atoms with Crippen LogP contribution in [0.2, 0.25) is 0 Å².